The monoisotopic (exact) mass is 292 g/mol. The van der Waals surface area contributed by atoms with Crippen LogP contribution in [-0.2, 0) is 0 Å². The quantitative estimate of drug-likeness (QED) is 0.671. The summed E-state index contributed by atoms with van der Waals surface area (Å²) in [5, 5.41) is 9.41. The van der Waals surface area contributed by atoms with Crippen LogP contribution >= 0.6 is 15.9 Å². The van der Waals surface area contributed by atoms with Crippen LogP contribution in [0.5, 0.6) is 5.75 Å². The molecule has 0 radical (unpaired) electrons. The molecule has 0 aliphatic heterocycles. The van der Waals surface area contributed by atoms with E-state index in [-0.39, 0.29) is 5.84 Å². The van der Waals surface area contributed by atoms with Gasteiger partial charge in [0, 0.05) is 6.42 Å². The van der Waals surface area contributed by atoms with E-state index < -0.39 is 0 Å². The zero-order valence-corrected chi connectivity index (χ0v) is 10.8. The summed E-state index contributed by atoms with van der Waals surface area (Å²) in [6.45, 7) is 0.423. The highest BCUT2D eigenvalue weighted by atomic mass is 79.9. The third kappa shape index (κ3) is 2.77. The summed E-state index contributed by atoms with van der Waals surface area (Å²) in [7, 11) is 0. The average molecular weight is 293 g/mol. The molecule has 4 heteroatoms. The number of rotatable bonds is 4. The average Bonchev–Trinajstić information content (AvgIpc) is 2.32. The maximum Gasteiger partial charge on any atom is 0.134 e. The van der Waals surface area contributed by atoms with E-state index in [0.717, 1.165) is 15.6 Å². The molecule has 0 aliphatic rings. The zero-order chi connectivity index (χ0) is 12.3. The second-order valence-corrected chi connectivity index (χ2v) is 4.52. The maximum atomic E-state index is 7.13. The SMILES string of the molecule is N=C(N)CCOc1ccc2ccccc2c1Br. The Bertz CT molecular complexity index is 554. The van der Waals surface area contributed by atoms with Crippen molar-refractivity contribution in [2.45, 2.75) is 6.42 Å². The number of hydrogen-bond acceptors (Lipinski definition) is 2. The topological polar surface area (TPSA) is 59.1 Å². The van der Waals surface area contributed by atoms with E-state index in [1.165, 1.54) is 5.39 Å². The lowest BCUT2D eigenvalue weighted by Gasteiger charge is -2.09. The van der Waals surface area contributed by atoms with Crippen molar-refractivity contribution < 1.29 is 4.74 Å². The van der Waals surface area contributed by atoms with Gasteiger partial charge < -0.3 is 10.5 Å². The summed E-state index contributed by atoms with van der Waals surface area (Å²) >= 11 is 3.54. The molecular formula is C13H13BrN2O. The van der Waals surface area contributed by atoms with Crippen molar-refractivity contribution in [3.63, 3.8) is 0 Å². The summed E-state index contributed by atoms with van der Waals surface area (Å²) in [5.41, 5.74) is 5.28. The number of amidine groups is 1. The molecule has 0 amide bonds. The Kier molecular flexibility index (Phi) is 3.64. The number of benzene rings is 2. The Morgan fingerprint density at radius 3 is 2.76 bits per heavy atom. The van der Waals surface area contributed by atoms with Gasteiger partial charge in [0.1, 0.15) is 5.75 Å². The fourth-order valence-corrected chi connectivity index (χ4v) is 2.20. The van der Waals surface area contributed by atoms with Gasteiger partial charge in [-0.1, -0.05) is 30.3 Å². The fourth-order valence-electron chi connectivity index (χ4n) is 1.60. The fraction of sp³-hybridized carbons (Fsp3) is 0.154. The van der Waals surface area contributed by atoms with E-state index in [1.807, 2.05) is 30.3 Å². The van der Waals surface area contributed by atoms with E-state index in [9.17, 15) is 0 Å². The Balaban J connectivity index is 2.23. The van der Waals surface area contributed by atoms with Crippen LogP contribution in [0.25, 0.3) is 10.8 Å². The number of halogens is 1. The Morgan fingerprint density at radius 2 is 2.00 bits per heavy atom. The van der Waals surface area contributed by atoms with Gasteiger partial charge in [-0.2, -0.15) is 0 Å². The van der Waals surface area contributed by atoms with Gasteiger partial charge in [-0.25, -0.2) is 0 Å². The first-order chi connectivity index (χ1) is 8.18. The van der Waals surface area contributed by atoms with E-state index in [0.29, 0.717) is 13.0 Å². The first kappa shape index (κ1) is 11.9. The molecule has 0 saturated heterocycles. The minimum Gasteiger partial charge on any atom is -0.492 e. The molecule has 0 heterocycles. The van der Waals surface area contributed by atoms with Crippen molar-refractivity contribution in [3.05, 3.63) is 40.9 Å². The standard InChI is InChI=1S/C13H13BrN2O/c14-13-10-4-2-1-3-9(10)5-6-11(13)17-8-7-12(15)16/h1-6H,7-8H2,(H3,15,16). The summed E-state index contributed by atoms with van der Waals surface area (Å²) in [4.78, 5) is 0. The molecule has 0 saturated carbocycles. The molecular weight excluding hydrogens is 280 g/mol. The third-order valence-electron chi connectivity index (χ3n) is 2.46. The van der Waals surface area contributed by atoms with Gasteiger partial charge in [-0.3, -0.25) is 5.41 Å². The number of nitrogens with two attached hydrogens (primary N) is 1. The maximum absolute atomic E-state index is 7.13. The van der Waals surface area contributed by atoms with Gasteiger partial charge in [0.2, 0.25) is 0 Å². The van der Waals surface area contributed by atoms with Crippen LogP contribution in [0.3, 0.4) is 0 Å². The summed E-state index contributed by atoms with van der Waals surface area (Å²) < 4.78 is 6.53. The molecule has 0 unspecified atom stereocenters. The van der Waals surface area contributed by atoms with Crippen molar-refractivity contribution in [1.82, 2.24) is 0 Å². The van der Waals surface area contributed by atoms with E-state index in [4.69, 9.17) is 15.9 Å². The van der Waals surface area contributed by atoms with Crippen molar-refractivity contribution in [2.75, 3.05) is 6.61 Å². The van der Waals surface area contributed by atoms with Gasteiger partial charge in [0.15, 0.2) is 0 Å². The first-order valence-corrected chi connectivity index (χ1v) is 6.11. The highest BCUT2D eigenvalue weighted by Crippen LogP contribution is 2.32. The van der Waals surface area contributed by atoms with Gasteiger partial charge in [-0.05, 0) is 32.8 Å². The van der Waals surface area contributed by atoms with Gasteiger partial charge in [0.05, 0.1) is 16.9 Å². The first-order valence-electron chi connectivity index (χ1n) is 5.31. The molecule has 3 nitrogen and oxygen atoms in total. The lowest BCUT2D eigenvalue weighted by Crippen LogP contribution is -2.13. The van der Waals surface area contributed by atoms with Crippen LogP contribution in [-0.4, -0.2) is 12.4 Å². The molecule has 0 spiro atoms. The molecule has 0 aliphatic carbocycles. The predicted octanol–water partition coefficient (Wildman–Crippen LogP) is 3.31. The van der Waals surface area contributed by atoms with Crippen LogP contribution in [0, 0.1) is 5.41 Å². The summed E-state index contributed by atoms with van der Waals surface area (Å²) in [5.74, 6) is 0.923. The molecule has 0 aromatic heterocycles. The molecule has 0 fully saturated rings. The summed E-state index contributed by atoms with van der Waals surface area (Å²) in [6.07, 6.45) is 0.444. The van der Waals surface area contributed by atoms with Crippen LogP contribution in [0.4, 0.5) is 0 Å². The van der Waals surface area contributed by atoms with E-state index in [1.54, 1.807) is 0 Å². The van der Waals surface area contributed by atoms with Crippen LogP contribution in [0.2, 0.25) is 0 Å². The third-order valence-corrected chi connectivity index (χ3v) is 3.27. The number of nitrogens with one attached hydrogen (secondary N) is 1. The molecule has 2 aromatic carbocycles. The van der Waals surface area contributed by atoms with Crippen LogP contribution < -0.4 is 10.5 Å². The van der Waals surface area contributed by atoms with Crippen LogP contribution in [0.1, 0.15) is 6.42 Å². The largest absolute Gasteiger partial charge is 0.492 e. The lowest BCUT2D eigenvalue weighted by molar-refractivity contribution is 0.327. The highest BCUT2D eigenvalue weighted by Gasteiger charge is 2.05. The molecule has 0 atom stereocenters. The molecule has 88 valence electrons. The van der Waals surface area contributed by atoms with Gasteiger partial charge in [-0.15, -0.1) is 0 Å². The van der Waals surface area contributed by atoms with Gasteiger partial charge >= 0.3 is 0 Å². The summed E-state index contributed by atoms with van der Waals surface area (Å²) in [6, 6.07) is 12.0. The second-order valence-electron chi connectivity index (χ2n) is 3.72. The predicted molar refractivity (Wildman–Crippen MR) is 73.7 cm³/mol. The normalized spacial score (nSPS) is 10.4. The minimum absolute atomic E-state index is 0.141. The lowest BCUT2D eigenvalue weighted by atomic mass is 10.1. The van der Waals surface area contributed by atoms with Gasteiger partial charge in [0.25, 0.3) is 0 Å². The second kappa shape index (κ2) is 5.19. The molecule has 3 N–H and O–H groups in total. The van der Waals surface area contributed by atoms with E-state index in [2.05, 4.69) is 22.0 Å². The van der Waals surface area contributed by atoms with Crippen molar-refractivity contribution >= 4 is 32.5 Å². The molecule has 2 rings (SSSR count). The Labute approximate surface area is 108 Å². The Morgan fingerprint density at radius 1 is 1.24 bits per heavy atom. The smallest absolute Gasteiger partial charge is 0.134 e. The molecule has 0 bridgehead atoms. The van der Waals surface area contributed by atoms with Crippen molar-refractivity contribution in [1.29, 1.82) is 5.41 Å². The van der Waals surface area contributed by atoms with E-state index >= 15 is 0 Å². The number of fused-ring (bicyclic) bond motifs is 1. The number of ether oxygens (including phenoxy) is 1. The molecule has 17 heavy (non-hydrogen) atoms. The number of hydrogen-bond donors (Lipinski definition) is 2. The van der Waals surface area contributed by atoms with Crippen LogP contribution in [0.15, 0.2) is 40.9 Å². The Hall–Kier alpha value is -1.55. The highest BCUT2D eigenvalue weighted by molar-refractivity contribution is 9.10. The van der Waals surface area contributed by atoms with Crippen molar-refractivity contribution in [3.8, 4) is 5.75 Å². The molecule has 2 aromatic rings. The van der Waals surface area contributed by atoms with Crippen molar-refractivity contribution in [2.24, 2.45) is 5.73 Å². The zero-order valence-electron chi connectivity index (χ0n) is 9.24. The minimum atomic E-state index is 0.141.